The molecular weight excluding hydrogens is 240 g/mol. The van der Waals surface area contributed by atoms with Crippen LogP contribution in [0.25, 0.3) is 0 Å². The number of hydrogen-bond acceptors (Lipinski definition) is 2. The van der Waals surface area contributed by atoms with Crippen molar-refractivity contribution in [1.82, 2.24) is 5.32 Å². The van der Waals surface area contributed by atoms with Crippen LogP contribution in [0.4, 0.5) is 17.6 Å². The van der Waals surface area contributed by atoms with E-state index in [0.717, 1.165) is 19.3 Å². The van der Waals surface area contributed by atoms with Crippen LogP contribution in [0, 0.1) is 5.92 Å². The highest BCUT2D eigenvalue weighted by molar-refractivity contribution is 5.84. The zero-order chi connectivity index (χ0) is 13.1. The summed E-state index contributed by atoms with van der Waals surface area (Å²) in [5.74, 6) is -6.64. The minimum atomic E-state index is -4.63. The van der Waals surface area contributed by atoms with Gasteiger partial charge in [-0.3, -0.25) is 4.79 Å². The van der Waals surface area contributed by atoms with Crippen molar-refractivity contribution in [2.24, 2.45) is 11.7 Å². The molecule has 0 aromatic rings. The molecule has 0 spiro atoms. The van der Waals surface area contributed by atoms with Gasteiger partial charge in [0.2, 0.25) is 0 Å². The van der Waals surface area contributed by atoms with Gasteiger partial charge in [-0.05, 0) is 25.3 Å². The summed E-state index contributed by atoms with van der Waals surface area (Å²) in [5, 5.41) is 1.99. The van der Waals surface area contributed by atoms with E-state index in [9.17, 15) is 22.4 Å². The molecular formula is C10H16F4N2O. The molecule has 1 saturated carbocycles. The van der Waals surface area contributed by atoms with Crippen LogP contribution in [0.1, 0.15) is 25.7 Å². The summed E-state index contributed by atoms with van der Waals surface area (Å²) in [6, 6.07) is -0.522. The molecule has 0 heterocycles. The normalized spacial score (nSPS) is 26.0. The summed E-state index contributed by atoms with van der Waals surface area (Å²) in [7, 11) is 0. The molecule has 0 radical (unpaired) electrons. The largest absolute Gasteiger partial charge is 0.383 e. The van der Waals surface area contributed by atoms with Crippen LogP contribution >= 0.6 is 0 Å². The molecule has 7 heteroatoms. The molecule has 0 bridgehead atoms. The molecule has 100 valence electrons. The van der Waals surface area contributed by atoms with E-state index in [-0.39, 0.29) is 12.5 Å². The number of halogens is 4. The number of hydrogen-bond donors (Lipinski definition) is 2. The third-order valence-corrected chi connectivity index (χ3v) is 3.11. The first-order valence-electron chi connectivity index (χ1n) is 5.56. The van der Waals surface area contributed by atoms with Gasteiger partial charge in [0.25, 0.3) is 5.91 Å². The predicted octanol–water partition coefficient (Wildman–Crippen LogP) is 1.52. The molecule has 2 atom stereocenters. The van der Waals surface area contributed by atoms with Crippen molar-refractivity contribution in [2.45, 2.75) is 44.1 Å². The third kappa shape index (κ3) is 3.31. The van der Waals surface area contributed by atoms with Crippen molar-refractivity contribution in [3.8, 4) is 0 Å². The highest BCUT2D eigenvalue weighted by Gasteiger charge is 2.49. The molecule has 2 unspecified atom stereocenters. The molecule has 1 aliphatic rings. The second-order valence-electron chi connectivity index (χ2n) is 4.28. The summed E-state index contributed by atoms with van der Waals surface area (Å²) in [4.78, 5) is 11.1. The molecule has 0 aromatic heterocycles. The maximum atomic E-state index is 12.7. The number of nitrogens with two attached hydrogens (primary N) is 1. The van der Waals surface area contributed by atoms with Crippen LogP contribution in [0.15, 0.2) is 0 Å². The number of carbonyl (C=O) groups excluding carboxylic acids is 1. The second kappa shape index (κ2) is 5.66. The first kappa shape index (κ1) is 14.2. The molecule has 0 aromatic carbocycles. The van der Waals surface area contributed by atoms with Gasteiger partial charge in [0.05, 0.1) is 0 Å². The Morgan fingerprint density at radius 2 is 1.94 bits per heavy atom. The van der Waals surface area contributed by atoms with Gasteiger partial charge in [-0.25, -0.2) is 8.78 Å². The van der Waals surface area contributed by atoms with E-state index in [2.05, 4.69) is 0 Å². The molecule has 1 aliphatic carbocycles. The third-order valence-electron chi connectivity index (χ3n) is 3.11. The van der Waals surface area contributed by atoms with E-state index in [1.54, 1.807) is 0 Å². The summed E-state index contributed by atoms with van der Waals surface area (Å²) in [5.41, 5.74) is 5.45. The smallest absolute Gasteiger partial charge is 0.348 e. The number of carbonyl (C=O) groups is 1. The van der Waals surface area contributed by atoms with Crippen LogP contribution in [0.2, 0.25) is 0 Å². The Kier molecular flexibility index (Phi) is 4.73. The lowest BCUT2D eigenvalue weighted by Gasteiger charge is -2.32. The van der Waals surface area contributed by atoms with E-state index in [1.807, 2.05) is 5.32 Å². The van der Waals surface area contributed by atoms with Crippen LogP contribution in [0.3, 0.4) is 0 Å². The molecule has 17 heavy (non-hydrogen) atoms. The van der Waals surface area contributed by atoms with Crippen molar-refractivity contribution >= 4 is 5.91 Å². The van der Waals surface area contributed by atoms with Crippen LogP contribution in [-0.4, -0.2) is 30.8 Å². The van der Waals surface area contributed by atoms with E-state index in [0.29, 0.717) is 6.42 Å². The predicted molar refractivity (Wildman–Crippen MR) is 53.9 cm³/mol. The maximum absolute atomic E-state index is 12.7. The Morgan fingerprint density at radius 1 is 1.35 bits per heavy atom. The Labute approximate surface area is 96.7 Å². The first-order chi connectivity index (χ1) is 7.89. The Bertz CT molecular complexity index is 273. The quantitative estimate of drug-likeness (QED) is 0.749. The minimum Gasteiger partial charge on any atom is -0.348 e. The van der Waals surface area contributed by atoms with Gasteiger partial charge in [-0.2, -0.15) is 8.78 Å². The zero-order valence-electron chi connectivity index (χ0n) is 9.27. The zero-order valence-corrected chi connectivity index (χ0v) is 9.27. The van der Waals surface area contributed by atoms with Gasteiger partial charge >= 0.3 is 12.3 Å². The fourth-order valence-corrected chi connectivity index (χ4v) is 2.04. The van der Waals surface area contributed by atoms with Crippen molar-refractivity contribution in [3.63, 3.8) is 0 Å². The highest BCUT2D eigenvalue weighted by Crippen LogP contribution is 2.27. The van der Waals surface area contributed by atoms with E-state index in [4.69, 9.17) is 5.73 Å². The summed E-state index contributed by atoms with van der Waals surface area (Å²) in [6.45, 7) is 0.255. The molecule has 0 aliphatic heterocycles. The van der Waals surface area contributed by atoms with Gasteiger partial charge in [-0.1, -0.05) is 12.8 Å². The van der Waals surface area contributed by atoms with Crippen LogP contribution in [-0.2, 0) is 4.79 Å². The first-order valence-corrected chi connectivity index (χ1v) is 5.56. The molecule has 0 saturated heterocycles. The average Bonchev–Trinajstić information content (AvgIpc) is 2.29. The van der Waals surface area contributed by atoms with E-state index in [1.165, 1.54) is 0 Å². The summed E-state index contributed by atoms with van der Waals surface area (Å²) < 4.78 is 49.4. The molecule has 1 amide bonds. The lowest BCUT2D eigenvalue weighted by atomic mass is 9.84. The maximum Gasteiger partial charge on any atom is 0.383 e. The van der Waals surface area contributed by atoms with Gasteiger partial charge in [-0.15, -0.1) is 0 Å². The number of amides is 1. The fraction of sp³-hybridized carbons (Fsp3) is 0.900. The molecule has 1 rings (SSSR count). The summed E-state index contributed by atoms with van der Waals surface area (Å²) >= 11 is 0. The second-order valence-corrected chi connectivity index (χ2v) is 4.28. The van der Waals surface area contributed by atoms with Gasteiger partial charge < -0.3 is 11.1 Å². The van der Waals surface area contributed by atoms with Crippen LogP contribution in [0.5, 0.6) is 0 Å². The lowest BCUT2D eigenvalue weighted by Crippen LogP contribution is -2.52. The van der Waals surface area contributed by atoms with Crippen molar-refractivity contribution in [2.75, 3.05) is 6.54 Å². The Hall–Kier alpha value is -0.850. The fourth-order valence-electron chi connectivity index (χ4n) is 2.04. The molecule has 3 N–H and O–H groups in total. The van der Waals surface area contributed by atoms with Crippen LogP contribution < -0.4 is 11.1 Å². The standard InChI is InChI=1S/C10H16F4N2O/c11-8(12)10(13,14)9(17)16-7-4-2-1-3-6(7)5-15/h6-8H,1-5,15H2,(H,16,17). The van der Waals surface area contributed by atoms with Gasteiger partial charge in [0.1, 0.15) is 0 Å². The molecule has 1 fully saturated rings. The number of rotatable bonds is 4. The topological polar surface area (TPSA) is 55.1 Å². The van der Waals surface area contributed by atoms with E-state index < -0.39 is 24.3 Å². The highest BCUT2D eigenvalue weighted by atomic mass is 19.3. The lowest BCUT2D eigenvalue weighted by molar-refractivity contribution is -0.170. The molecule has 3 nitrogen and oxygen atoms in total. The number of alkyl halides is 4. The monoisotopic (exact) mass is 256 g/mol. The van der Waals surface area contributed by atoms with Crippen molar-refractivity contribution in [1.29, 1.82) is 0 Å². The minimum absolute atomic E-state index is 0.110. The van der Waals surface area contributed by atoms with Crippen molar-refractivity contribution in [3.05, 3.63) is 0 Å². The van der Waals surface area contributed by atoms with Crippen molar-refractivity contribution < 1.29 is 22.4 Å². The van der Waals surface area contributed by atoms with Gasteiger partial charge in [0.15, 0.2) is 0 Å². The average molecular weight is 256 g/mol. The SMILES string of the molecule is NCC1CCCCC1NC(=O)C(F)(F)C(F)F. The van der Waals surface area contributed by atoms with Gasteiger partial charge in [0, 0.05) is 6.04 Å². The number of nitrogens with one attached hydrogen (secondary N) is 1. The Balaban J connectivity index is 2.60. The van der Waals surface area contributed by atoms with E-state index >= 15 is 0 Å². The Morgan fingerprint density at radius 3 is 2.47 bits per heavy atom. The summed E-state index contributed by atoms with van der Waals surface area (Å²) in [6.07, 6.45) is -1.06.